The van der Waals surface area contributed by atoms with Gasteiger partial charge in [-0.05, 0) is 31.2 Å². The van der Waals surface area contributed by atoms with E-state index in [-0.39, 0.29) is 0 Å². The van der Waals surface area contributed by atoms with Gasteiger partial charge in [0, 0.05) is 12.1 Å². The van der Waals surface area contributed by atoms with Crippen LogP contribution >= 0.6 is 0 Å². The molecule has 2 aromatic rings. The van der Waals surface area contributed by atoms with Gasteiger partial charge >= 0.3 is 6.18 Å². The van der Waals surface area contributed by atoms with Gasteiger partial charge in [0.05, 0.1) is 17.4 Å². The lowest BCUT2D eigenvalue weighted by Gasteiger charge is -2.09. The highest BCUT2D eigenvalue weighted by Crippen LogP contribution is 2.31. The minimum Gasteiger partial charge on any atom is -0.392 e. The molecule has 1 aromatic carbocycles. The molecule has 0 aliphatic rings. The summed E-state index contributed by atoms with van der Waals surface area (Å²) in [5.41, 5.74) is -0.0267. The first kappa shape index (κ1) is 15.2. The maximum Gasteiger partial charge on any atom is 0.416 e. The summed E-state index contributed by atoms with van der Waals surface area (Å²) in [4.78, 5) is 0. The van der Waals surface area contributed by atoms with Crippen LogP contribution in [0.15, 0.2) is 36.4 Å². The minimum absolute atomic E-state index is 0.317. The molecule has 0 bridgehead atoms. The number of aromatic nitrogens is 2. The van der Waals surface area contributed by atoms with E-state index in [1.54, 1.807) is 25.1 Å². The number of nitrogens with zero attached hydrogens (tertiary/aromatic N) is 2. The molecule has 1 aromatic heterocycles. The monoisotopic (exact) mass is 297 g/mol. The van der Waals surface area contributed by atoms with Crippen molar-refractivity contribution in [1.29, 1.82) is 0 Å². The molecule has 2 N–H and O–H groups in total. The predicted molar refractivity (Wildman–Crippen MR) is 72.6 cm³/mol. The topological polar surface area (TPSA) is 58.0 Å². The second-order valence-corrected chi connectivity index (χ2v) is 4.61. The first-order valence-electron chi connectivity index (χ1n) is 6.29. The third-order valence-corrected chi connectivity index (χ3v) is 2.73. The van der Waals surface area contributed by atoms with Crippen molar-refractivity contribution in [1.82, 2.24) is 10.2 Å². The Balaban J connectivity index is 2.19. The summed E-state index contributed by atoms with van der Waals surface area (Å²) in [6.07, 6.45) is -4.92. The van der Waals surface area contributed by atoms with E-state index in [2.05, 4.69) is 15.5 Å². The number of anilines is 1. The second kappa shape index (κ2) is 6.09. The van der Waals surface area contributed by atoms with Gasteiger partial charge in [-0.25, -0.2) is 0 Å². The molecule has 0 fully saturated rings. The minimum atomic E-state index is -4.39. The van der Waals surface area contributed by atoms with Crippen LogP contribution in [0.3, 0.4) is 0 Å². The molecule has 0 saturated heterocycles. The molecule has 4 nitrogen and oxygen atoms in total. The van der Waals surface area contributed by atoms with Gasteiger partial charge in [-0.1, -0.05) is 12.1 Å². The standard InChI is InChI=1S/C14H14F3N3O/c1-9(21)8-18-13-6-5-12(19-20-13)10-3-2-4-11(7-10)14(15,16)17/h2-7,9,21H,8H2,1H3,(H,18,20). The van der Waals surface area contributed by atoms with Crippen LogP contribution in [0.25, 0.3) is 11.3 Å². The molecule has 0 saturated carbocycles. The van der Waals surface area contributed by atoms with Crippen molar-refractivity contribution in [3.63, 3.8) is 0 Å². The first-order chi connectivity index (χ1) is 9.86. The van der Waals surface area contributed by atoms with E-state index in [0.29, 0.717) is 23.6 Å². The number of nitrogens with one attached hydrogen (secondary N) is 1. The highest BCUT2D eigenvalue weighted by molar-refractivity contribution is 5.60. The largest absolute Gasteiger partial charge is 0.416 e. The maximum absolute atomic E-state index is 12.7. The van der Waals surface area contributed by atoms with Crippen LogP contribution < -0.4 is 5.32 Å². The van der Waals surface area contributed by atoms with Crippen molar-refractivity contribution < 1.29 is 18.3 Å². The second-order valence-electron chi connectivity index (χ2n) is 4.61. The summed E-state index contributed by atoms with van der Waals surface area (Å²) < 4.78 is 38.0. The van der Waals surface area contributed by atoms with Gasteiger partial charge < -0.3 is 10.4 Å². The van der Waals surface area contributed by atoms with Crippen molar-refractivity contribution >= 4 is 5.82 Å². The van der Waals surface area contributed by atoms with Crippen LogP contribution in [0.4, 0.5) is 19.0 Å². The first-order valence-corrected chi connectivity index (χ1v) is 6.29. The molecule has 21 heavy (non-hydrogen) atoms. The Kier molecular flexibility index (Phi) is 4.42. The summed E-state index contributed by atoms with van der Waals surface area (Å²) in [5, 5.41) is 19.7. The van der Waals surface area contributed by atoms with Crippen molar-refractivity contribution in [2.45, 2.75) is 19.2 Å². The van der Waals surface area contributed by atoms with Crippen molar-refractivity contribution in [2.75, 3.05) is 11.9 Å². The zero-order valence-electron chi connectivity index (χ0n) is 11.2. The molecule has 1 heterocycles. The molecule has 0 spiro atoms. The van der Waals surface area contributed by atoms with Gasteiger partial charge in [0.1, 0.15) is 5.82 Å². The van der Waals surface area contributed by atoms with Crippen LogP contribution in [0.5, 0.6) is 0 Å². The van der Waals surface area contributed by atoms with Gasteiger partial charge in [-0.3, -0.25) is 0 Å². The number of benzene rings is 1. The van der Waals surface area contributed by atoms with Crippen LogP contribution in [0.2, 0.25) is 0 Å². The molecule has 112 valence electrons. The predicted octanol–water partition coefficient (Wildman–Crippen LogP) is 2.96. The third-order valence-electron chi connectivity index (χ3n) is 2.73. The summed E-state index contributed by atoms with van der Waals surface area (Å²) >= 11 is 0. The van der Waals surface area contributed by atoms with Gasteiger partial charge in [-0.15, -0.1) is 10.2 Å². The Bertz CT molecular complexity index is 597. The summed E-state index contributed by atoms with van der Waals surface area (Å²) in [6.45, 7) is 1.94. The lowest BCUT2D eigenvalue weighted by Crippen LogP contribution is -2.16. The lowest BCUT2D eigenvalue weighted by molar-refractivity contribution is -0.137. The number of aliphatic hydroxyl groups excluding tert-OH is 1. The average Bonchev–Trinajstić information content (AvgIpc) is 2.45. The highest BCUT2D eigenvalue weighted by atomic mass is 19.4. The quantitative estimate of drug-likeness (QED) is 0.911. The zero-order chi connectivity index (χ0) is 15.5. The van der Waals surface area contributed by atoms with E-state index < -0.39 is 17.8 Å². The van der Waals surface area contributed by atoms with E-state index in [1.165, 1.54) is 6.07 Å². The molecule has 1 unspecified atom stereocenters. The molecule has 0 aliphatic carbocycles. The van der Waals surface area contributed by atoms with E-state index in [0.717, 1.165) is 12.1 Å². The number of rotatable bonds is 4. The zero-order valence-corrected chi connectivity index (χ0v) is 11.2. The smallest absolute Gasteiger partial charge is 0.392 e. The van der Waals surface area contributed by atoms with Crippen LogP contribution in [-0.2, 0) is 6.18 Å². The highest BCUT2D eigenvalue weighted by Gasteiger charge is 2.30. The van der Waals surface area contributed by atoms with Gasteiger partial charge in [0.2, 0.25) is 0 Å². The fourth-order valence-electron chi connectivity index (χ4n) is 1.69. The van der Waals surface area contributed by atoms with Gasteiger partial charge in [0.15, 0.2) is 0 Å². The number of alkyl halides is 3. The molecule has 0 amide bonds. The molecular weight excluding hydrogens is 283 g/mol. The fraction of sp³-hybridized carbons (Fsp3) is 0.286. The van der Waals surface area contributed by atoms with Crippen LogP contribution in [0, 0.1) is 0 Å². The van der Waals surface area contributed by atoms with Gasteiger partial charge in [0.25, 0.3) is 0 Å². The van der Waals surface area contributed by atoms with Crippen molar-refractivity contribution in [2.24, 2.45) is 0 Å². The molecule has 0 aliphatic heterocycles. The van der Waals surface area contributed by atoms with Crippen LogP contribution in [-0.4, -0.2) is 28.0 Å². The summed E-state index contributed by atoms with van der Waals surface area (Å²) in [6, 6.07) is 8.10. The maximum atomic E-state index is 12.7. The number of hydrogen-bond donors (Lipinski definition) is 2. The molecule has 0 radical (unpaired) electrons. The molecular formula is C14H14F3N3O. The molecule has 7 heteroatoms. The van der Waals surface area contributed by atoms with E-state index in [1.807, 2.05) is 0 Å². The van der Waals surface area contributed by atoms with Crippen LogP contribution in [0.1, 0.15) is 12.5 Å². The normalized spacial score (nSPS) is 13.0. The molecule has 2 rings (SSSR count). The Morgan fingerprint density at radius 2 is 1.95 bits per heavy atom. The lowest BCUT2D eigenvalue weighted by atomic mass is 10.1. The van der Waals surface area contributed by atoms with E-state index in [4.69, 9.17) is 5.11 Å². The van der Waals surface area contributed by atoms with Crippen molar-refractivity contribution in [3.8, 4) is 11.3 Å². The van der Waals surface area contributed by atoms with E-state index in [9.17, 15) is 13.2 Å². The van der Waals surface area contributed by atoms with Crippen molar-refractivity contribution in [3.05, 3.63) is 42.0 Å². The SMILES string of the molecule is CC(O)CNc1ccc(-c2cccc(C(F)(F)F)c2)nn1. The molecule has 1 atom stereocenters. The summed E-state index contributed by atoms with van der Waals surface area (Å²) in [7, 11) is 0. The number of hydrogen-bond acceptors (Lipinski definition) is 4. The van der Waals surface area contributed by atoms with E-state index >= 15 is 0 Å². The Morgan fingerprint density at radius 1 is 1.19 bits per heavy atom. The van der Waals surface area contributed by atoms with Gasteiger partial charge in [-0.2, -0.15) is 13.2 Å². The number of halogens is 3. The number of aliphatic hydroxyl groups is 1. The Labute approximate surface area is 119 Å². The average molecular weight is 297 g/mol. The Hall–Kier alpha value is -2.15. The Morgan fingerprint density at radius 3 is 2.52 bits per heavy atom. The third kappa shape index (κ3) is 4.16. The fourth-order valence-corrected chi connectivity index (χ4v) is 1.69. The summed E-state index contributed by atoms with van der Waals surface area (Å²) in [5.74, 6) is 0.451.